The van der Waals surface area contributed by atoms with Gasteiger partial charge < -0.3 is 29.7 Å². The Morgan fingerprint density at radius 1 is 0.889 bits per heavy atom. The highest BCUT2D eigenvalue weighted by atomic mass is 19.1. The Labute approximate surface area is 314 Å². The number of para-hydroxylation sites is 1. The number of phenols is 1. The number of nitrogens with one attached hydrogen (secondary N) is 2. The molecule has 1 aliphatic carbocycles. The number of likely N-dealkylation sites (tertiary alicyclic amines) is 1. The minimum atomic E-state index is -0.449. The molecule has 12 nitrogen and oxygen atoms in total. The Hall–Kier alpha value is -4.75. The topological polar surface area (TPSA) is 122 Å². The molecule has 2 aromatic heterocycles. The van der Waals surface area contributed by atoms with E-state index in [-0.39, 0.29) is 29.4 Å². The van der Waals surface area contributed by atoms with Gasteiger partial charge in [-0.05, 0) is 80.2 Å². The molecular weight excluding hydrogens is 686 g/mol. The van der Waals surface area contributed by atoms with E-state index >= 15 is 4.39 Å². The number of nitrogens with zero attached hydrogens (tertiary/aromatic N) is 7. The molecule has 5 fully saturated rings. The van der Waals surface area contributed by atoms with E-state index < -0.39 is 6.04 Å². The Balaban J connectivity index is 0.708. The third-order valence-corrected chi connectivity index (χ3v) is 13.4. The Kier molecular flexibility index (Phi) is 8.28. The van der Waals surface area contributed by atoms with Crippen LogP contribution in [0.3, 0.4) is 0 Å². The molecule has 2 amide bonds. The molecule has 4 saturated heterocycles. The number of hydrogen-bond donors (Lipinski definition) is 3. The van der Waals surface area contributed by atoms with Crippen molar-refractivity contribution in [3.05, 3.63) is 60.7 Å². The standard InChI is InChI=1S/C41H48FN9O3/c1-24-12-25(8-9-50(24)36-14-27-19-49(18-26(27)13-33(36)42)35-6-7-39(53)44-41(35)54)17-48-22-31-30(32(31)23-48)21-47-10-11-51-28(20-47)16-43-40-37(51)15-34(45-46-40)29-4-2-3-5-38(29)52/h2-5,13-15,18-19,24-25,28,30-32,35,52H,6-12,16-17,20-23H2,1H3,(H,43,46)(H,44,53,54)/t24-,25-,28+,30?,31-,32+,35?/m1/s1. The Morgan fingerprint density at radius 3 is 2.50 bits per heavy atom. The monoisotopic (exact) mass is 733 g/mol. The van der Waals surface area contributed by atoms with Crippen molar-refractivity contribution in [2.75, 3.05) is 74.0 Å². The molecular formula is C41H48FN9O3. The largest absolute Gasteiger partial charge is 0.507 e. The van der Waals surface area contributed by atoms with Crippen molar-refractivity contribution < 1.29 is 19.1 Å². The van der Waals surface area contributed by atoms with Gasteiger partial charge in [0.05, 0.1) is 23.1 Å². The summed E-state index contributed by atoms with van der Waals surface area (Å²) in [4.78, 5) is 34.2. The number of halogens is 1. The SMILES string of the molecule is C[C@@H]1C[C@H](CN2C[C@@H]3C(CN4CCN5c6cc(-c7ccccc7O)nnc6NC[C@H]5C4)[C@@H]3C2)CCN1c1cc2cn(C3CCC(=O)NC3=O)cc2cc1F. The number of amides is 2. The van der Waals surface area contributed by atoms with E-state index in [0.29, 0.717) is 41.7 Å². The predicted molar refractivity (Wildman–Crippen MR) is 205 cm³/mol. The lowest BCUT2D eigenvalue weighted by molar-refractivity contribution is -0.135. The first-order chi connectivity index (χ1) is 26.3. The minimum absolute atomic E-state index is 0.217. The fraction of sp³-hybridized carbons (Fsp3) is 0.512. The number of hydrogen-bond acceptors (Lipinski definition) is 10. The maximum absolute atomic E-state index is 15.6. The third kappa shape index (κ3) is 6.05. The maximum Gasteiger partial charge on any atom is 0.249 e. The van der Waals surface area contributed by atoms with Crippen LogP contribution in [0.4, 0.5) is 21.6 Å². The lowest BCUT2D eigenvalue weighted by atomic mass is 9.90. The predicted octanol–water partition coefficient (Wildman–Crippen LogP) is 4.32. The highest BCUT2D eigenvalue weighted by Gasteiger charge is 2.56. The molecule has 282 valence electrons. The van der Waals surface area contributed by atoms with Crippen LogP contribution in [0, 0.1) is 29.5 Å². The van der Waals surface area contributed by atoms with E-state index in [0.717, 1.165) is 92.1 Å². The fourth-order valence-electron chi connectivity index (χ4n) is 10.5. The van der Waals surface area contributed by atoms with Crippen LogP contribution < -0.4 is 20.4 Å². The number of rotatable bonds is 7. The average molecular weight is 734 g/mol. The van der Waals surface area contributed by atoms with Gasteiger partial charge in [-0.25, -0.2) is 4.39 Å². The number of fused-ring (bicyclic) bond motifs is 5. The van der Waals surface area contributed by atoms with Gasteiger partial charge >= 0.3 is 0 Å². The lowest BCUT2D eigenvalue weighted by Gasteiger charge is -2.46. The molecule has 4 aromatic rings. The summed E-state index contributed by atoms with van der Waals surface area (Å²) < 4.78 is 17.4. The van der Waals surface area contributed by atoms with Crippen molar-refractivity contribution in [2.45, 2.75) is 50.7 Å². The second kappa shape index (κ2) is 13.2. The quantitative estimate of drug-likeness (QED) is 0.237. The highest BCUT2D eigenvalue weighted by Crippen LogP contribution is 2.52. The zero-order chi connectivity index (χ0) is 36.7. The number of aromatic hydroxyl groups is 1. The van der Waals surface area contributed by atoms with Crippen LogP contribution in [-0.4, -0.2) is 112 Å². The molecule has 1 saturated carbocycles. The number of benzene rings is 2. The van der Waals surface area contributed by atoms with E-state index in [2.05, 4.69) is 53.4 Å². The summed E-state index contributed by atoms with van der Waals surface area (Å²) in [6.45, 7) is 11.7. The van der Waals surface area contributed by atoms with Gasteiger partial charge in [0.2, 0.25) is 11.8 Å². The van der Waals surface area contributed by atoms with Crippen LogP contribution in [0.2, 0.25) is 0 Å². The van der Waals surface area contributed by atoms with Crippen molar-refractivity contribution in [2.24, 2.45) is 23.7 Å². The van der Waals surface area contributed by atoms with Gasteiger partial charge in [0.15, 0.2) is 5.82 Å². The van der Waals surface area contributed by atoms with Crippen molar-refractivity contribution in [1.82, 2.24) is 29.9 Å². The van der Waals surface area contributed by atoms with E-state index in [1.807, 2.05) is 41.2 Å². The number of anilines is 3. The van der Waals surface area contributed by atoms with Crippen LogP contribution in [-0.2, 0) is 9.59 Å². The summed E-state index contributed by atoms with van der Waals surface area (Å²) in [5, 5.41) is 26.9. The normalized spacial score (nSPS) is 29.8. The van der Waals surface area contributed by atoms with Crippen molar-refractivity contribution in [3.63, 3.8) is 0 Å². The molecule has 3 N–H and O–H groups in total. The number of carbonyl (C=O) groups is 2. The second-order valence-electron chi connectivity index (χ2n) is 16.7. The number of aromatic nitrogens is 3. The molecule has 10 rings (SSSR count). The lowest BCUT2D eigenvalue weighted by Crippen LogP contribution is -2.58. The summed E-state index contributed by atoms with van der Waals surface area (Å²) in [5.41, 5.74) is 3.11. The summed E-state index contributed by atoms with van der Waals surface area (Å²) in [5.74, 6) is 3.28. The van der Waals surface area contributed by atoms with Crippen molar-refractivity contribution in [3.8, 4) is 17.0 Å². The molecule has 5 aliphatic heterocycles. The second-order valence-corrected chi connectivity index (χ2v) is 16.7. The number of imide groups is 1. The molecule has 7 atom stereocenters. The minimum Gasteiger partial charge on any atom is -0.507 e. The van der Waals surface area contributed by atoms with Crippen molar-refractivity contribution in [1.29, 1.82) is 0 Å². The molecule has 54 heavy (non-hydrogen) atoms. The molecule has 0 radical (unpaired) electrons. The Bertz CT molecular complexity index is 2110. The summed E-state index contributed by atoms with van der Waals surface area (Å²) in [6, 6.07) is 13.1. The maximum atomic E-state index is 15.6. The zero-order valence-electron chi connectivity index (χ0n) is 30.7. The van der Waals surface area contributed by atoms with Crippen LogP contribution in [0.15, 0.2) is 54.9 Å². The zero-order valence-corrected chi connectivity index (χ0v) is 30.7. The molecule has 13 heteroatoms. The van der Waals surface area contributed by atoms with E-state index in [1.54, 1.807) is 12.1 Å². The van der Waals surface area contributed by atoms with Crippen LogP contribution in [0.5, 0.6) is 5.75 Å². The number of phenolic OH excluding ortho intramolecular Hbond substituents is 1. The van der Waals surface area contributed by atoms with E-state index in [4.69, 9.17) is 0 Å². The van der Waals surface area contributed by atoms with E-state index in [9.17, 15) is 14.7 Å². The highest BCUT2D eigenvalue weighted by molar-refractivity contribution is 6.00. The smallest absolute Gasteiger partial charge is 0.249 e. The van der Waals surface area contributed by atoms with Gasteiger partial charge in [-0.2, -0.15) is 0 Å². The number of piperidine rings is 3. The van der Waals surface area contributed by atoms with Gasteiger partial charge in [-0.15, -0.1) is 10.2 Å². The van der Waals surface area contributed by atoms with Crippen LogP contribution in [0.1, 0.15) is 38.6 Å². The van der Waals surface area contributed by atoms with Gasteiger partial charge in [0, 0.05) is 100 Å². The molecule has 6 aliphatic rings. The first-order valence-corrected chi connectivity index (χ1v) is 19.8. The van der Waals surface area contributed by atoms with Gasteiger partial charge in [0.1, 0.15) is 17.6 Å². The third-order valence-electron chi connectivity index (χ3n) is 13.4. The number of piperazine rings is 1. The van der Waals surface area contributed by atoms with Crippen LogP contribution in [0.25, 0.3) is 22.0 Å². The molecule has 0 bridgehead atoms. The molecule has 2 aromatic carbocycles. The summed E-state index contributed by atoms with van der Waals surface area (Å²) >= 11 is 0. The first kappa shape index (κ1) is 33.8. The van der Waals surface area contributed by atoms with Crippen LogP contribution >= 0.6 is 0 Å². The van der Waals surface area contributed by atoms with Gasteiger partial charge in [0.25, 0.3) is 0 Å². The summed E-state index contributed by atoms with van der Waals surface area (Å²) in [6.07, 6.45) is 6.60. The number of carbonyl (C=O) groups excluding carboxylic acids is 2. The van der Waals surface area contributed by atoms with Gasteiger partial charge in [-0.3, -0.25) is 19.8 Å². The molecule has 2 unspecified atom stereocenters. The first-order valence-electron chi connectivity index (χ1n) is 19.8. The molecule has 0 spiro atoms. The Morgan fingerprint density at radius 2 is 1.70 bits per heavy atom. The van der Waals surface area contributed by atoms with Gasteiger partial charge in [-0.1, -0.05) is 12.1 Å². The average Bonchev–Trinajstić information content (AvgIpc) is 3.43. The fourth-order valence-corrected chi connectivity index (χ4v) is 10.5. The molecule has 7 heterocycles. The summed E-state index contributed by atoms with van der Waals surface area (Å²) in [7, 11) is 0. The van der Waals surface area contributed by atoms with Crippen molar-refractivity contribution >= 4 is 39.8 Å². The van der Waals surface area contributed by atoms with E-state index in [1.165, 1.54) is 19.6 Å².